The summed E-state index contributed by atoms with van der Waals surface area (Å²) < 4.78 is 10.9. The summed E-state index contributed by atoms with van der Waals surface area (Å²) >= 11 is 0. The molecule has 1 fully saturated rings. The van der Waals surface area contributed by atoms with Crippen molar-refractivity contribution in [3.05, 3.63) is 42.0 Å². The molecule has 1 aliphatic heterocycles. The Kier molecular flexibility index (Phi) is 5.55. The molecule has 0 aliphatic carbocycles. The molecular weight excluding hydrogens is 320 g/mol. The van der Waals surface area contributed by atoms with Gasteiger partial charge in [-0.1, -0.05) is 0 Å². The van der Waals surface area contributed by atoms with Gasteiger partial charge in [0.25, 0.3) is 0 Å². The molecule has 2 aromatic heterocycles. The van der Waals surface area contributed by atoms with Gasteiger partial charge in [-0.2, -0.15) is 0 Å². The maximum atomic E-state index is 12.2. The summed E-state index contributed by atoms with van der Waals surface area (Å²) in [5.74, 6) is 2.37. The lowest BCUT2D eigenvalue weighted by atomic mass is 10.2. The summed E-state index contributed by atoms with van der Waals surface area (Å²) in [6.07, 6.45) is 4.40. The van der Waals surface area contributed by atoms with Crippen molar-refractivity contribution in [3.63, 3.8) is 0 Å². The molecule has 1 N–H and O–H groups in total. The molecule has 0 radical (unpaired) electrons. The lowest BCUT2D eigenvalue weighted by Crippen LogP contribution is -2.39. The van der Waals surface area contributed by atoms with Crippen LogP contribution in [0.4, 0.5) is 0 Å². The first-order valence-electron chi connectivity index (χ1n) is 8.68. The maximum Gasteiger partial charge on any atom is 0.234 e. The molecule has 0 aromatic carbocycles. The second-order valence-electron chi connectivity index (χ2n) is 6.76. The van der Waals surface area contributed by atoms with Gasteiger partial charge in [0.2, 0.25) is 11.8 Å². The van der Waals surface area contributed by atoms with E-state index in [4.69, 9.17) is 8.83 Å². The van der Waals surface area contributed by atoms with Crippen LogP contribution in [0.25, 0.3) is 0 Å². The Morgan fingerprint density at radius 2 is 2.40 bits per heavy atom. The topological polar surface area (TPSA) is 74.8 Å². The third kappa shape index (κ3) is 4.70. The molecule has 3 rings (SSSR count). The van der Waals surface area contributed by atoms with E-state index in [1.165, 1.54) is 0 Å². The number of nitrogens with one attached hydrogen (secondary N) is 1. The van der Waals surface area contributed by atoms with Crippen LogP contribution in [-0.2, 0) is 11.3 Å². The zero-order valence-electron chi connectivity index (χ0n) is 15.1. The van der Waals surface area contributed by atoms with E-state index in [0.29, 0.717) is 19.1 Å². The molecule has 0 unspecified atom stereocenters. The smallest absolute Gasteiger partial charge is 0.234 e. The van der Waals surface area contributed by atoms with Crippen LogP contribution in [-0.4, -0.2) is 53.4 Å². The number of hydrogen-bond acceptors (Lipinski definition) is 6. The van der Waals surface area contributed by atoms with Crippen LogP contribution in [0, 0.1) is 6.92 Å². The first-order chi connectivity index (χ1) is 12.0. The molecule has 7 heteroatoms. The predicted octanol–water partition coefficient (Wildman–Crippen LogP) is 1.96. The van der Waals surface area contributed by atoms with Crippen molar-refractivity contribution in [1.29, 1.82) is 0 Å². The third-order valence-corrected chi connectivity index (χ3v) is 4.64. The minimum atomic E-state index is -0.114. The molecule has 136 valence electrons. The first-order valence-corrected chi connectivity index (χ1v) is 8.68. The van der Waals surface area contributed by atoms with Crippen LogP contribution < -0.4 is 5.32 Å². The van der Waals surface area contributed by atoms with Crippen LogP contribution in [0.1, 0.15) is 36.8 Å². The van der Waals surface area contributed by atoms with Gasteiger partial charge in [-0.3, -0.25) is 14.6 Å². The van der Waals surface area contributed by atoms with Gasteiger partial charge in [-0.15, -0.1) is 0 Å². The van der Waals surface area contributed by atoms with Crippen molar-refractivity contribution in [2.24, 2.45) is 0 Å². The van der Waals surface area contributed by atoms with E-state index in [1.807, 2.05) is 26.0 Å². The number of hydrogen-bond donors (Lipinski definition) is 1. The van der Waals surface area contributed by atoms with E-state index < -0.39 is 0 Å². The van der Waals surface area contributed by atoms with E-state index in [0.717, 1.165) is 36.9 Å². The van der Waals surface area contributed by atoms with Gasteiger partial charge in [0.1, 0.15) is 11.5 Å². The molecule has 0 saturated carbocycles. The summed E-state index contributed by atoms with van der Waals surface area (Å²) in [6, 6.07) is 3.99. The number of carbonyl (C=O) groups excluding carboxylic acids is 1. The molecule has 1 aliphatic rings. The molecule has 0 bridgehead atoms. The molecule has 7 nitrogen and oxygen atoms in total. The summed E-state index contributed by atoms with van der Waals surface area (Å²) in [4.78, 5) is 20.9. The van der Waals surface area contributed by atoms with E-state index in [9.17, 15) is 4.79 Å². The van der Waals surface area contributed by atoms with Gasteiger partial charge < -0.3 is 14.2 Å². The molecule has 25 heavy (non-hydrogen) atoms. The number of oxazole rings is 1. The van der Waals surface area contributed by atoms with Gasteiger partial charge in [0, 0.05) is 19.1 Å². The second kappa shape index (κ2) is 7.84. The fraction of sp³-hybridized carbons (Fsp3) is 0.556. The van der Waals surface area contributed by atoms with E-state index >= 15 is 0 Å². The number of rotatable bonds is 7. The van der Waals surface area contributed by atoms with Gasteiger partial charge in [0.05, 0.1) is 31.6 Å². The highest BCUT2D eigenvalue weighted by Gasteiger charge is 2.28. The Labute approximate surface area is 148 Å². The fourth-order valence-electron chi connectivity index (χ4n) is 3.23. The normalized spacial score (nSPS) is 19.4. The second-order valence-corrected chi connectivity index (χ2v) is 6.76. The van der Waals surface area contributed by atoms with Gasteiger partial charge >= 0.3 is 0 Å². The van der Waals surface area contributed by atoms with E-state index in [-0.39, 0.29) is 11.9 Å². The average Bonchev–Trinajstić information content (AvgIpc) is 3.28. The largest absolute Gasteiger partial charge is 0.467 e. The highest BCUT2D eigenvalue weighted by molar-refractivity contribution is 5.78. The average molecular weight is 346 g/mol. The zero-order valence-corrected chi connectivity index (χ0v) is 15.1. The number of nitrogens with zero attached hydrogens (tertiary/aromatic N) is 3. The Hall–Kier alpha value is -2.12. The maximum absolute atomic E-state index is 12.2. The first kappa shape index (κ1) is 17.7. The van der Waals surface area contributed by atoms with Crippen molar-refractivity contribution < 1.29 is 13.6 Å². The van der Waals surface area contributed by atoms with Crippen LogP contribution in [0.2, 0.25) is 0 Å². The van der Waals surface area contributed by atoms with Crippen LogP contribution in [0.5, 0.6) is 0 Å². The number of aryl methyl sites for hydroxylation is 1. The molecule has 2 atom stereocenters. The zero-order chi connectivity index (χ0) is 17.8. The van der Waals surface area contributed by atoms with E-state index in [2.05, 4.69) is 27.1 Å². The van der Waals surface area contributed by atoms with Gasteiger partial charge in [-0.25, -0.2) is 4.98 Å². The minimum Gasteiger partial charge on any atom is -0.467 e. The summed E-state index contributed by atoms with van der Waals surface area (Å²) in [7, 11) is 2.08. The summed E-state index contributed by atoms with van der Waals surface area (Å²) in [6.45, 7) is 6.72. The predicted molar refractivity (Wildman–Crippen MR) is 92.8 cm³/mol. The summed E-state index contributed by atoms with van der Waals surface area (Å²) in [5.41, 5.74) is 0. The van der Waals surface area contributed by atoms with Crippen molar-refractivity contribution in [2.45, 2.75) is 38.9 Å². The standard InChI is InChI=1S/C18H26N4O3/c1-13-9-19-18(25-13)12-21(3)15-6-7-22(10-15)11-17(23)20-14(2)16-5-4-8-24-16/h4-5,8-9,14-15H,6-7,10-12H2,1-3H3,(H,20,23)/t14-,15-/m0/s1. The number of likely N-dealkylation sites (N-methyl/N-ethyl adjacent to an activating group) is 1. The van der Waals surface area contributed by atoms with E-state index in [1.54, 1.807) is 12.5 Å². The molecule has 3 heterocycles. The minimum absolute atomic E-state index is 0.0236. The molecular formula is C18H26N4O3. The van der Waals surface area contributed by atoms with Crippen molar-refractivity contribution in [3.8, 4) is 0 Å². The van der Waals surface area contributed by atoms with Crippen LogP contribution in [0.15, 0.2) is 33.4 Å². The Bertz CT molecular complexity index is 682. The highest BCUT2D eigenvalue weighted by atomic mass is 16.4. The summed E-state index contributed by atoms with van der Waals surface area (Å²) in [5, 5.41) is 2.98. The quantitative estimate of drug-likeness (QED) is 0.826. The SMILES string of the molecule is Cc1cnc(CN(C)[C@H]2CCN(CC(=O)N[C@@H](C)c3ccco3)C2)o1. The van der Waals surface area contributed by atoms with Crippen molar-refractivity contribution in [1.82, 2.24) is 20.1 Å². The lowest BCUT2D eigenvalue weighted by molar-refractivity contribution is -0.122. The van der Waals surface area contributed by atoms with Gasteiger partial charge in [0.15, 0.2) is 0 Å². The van der Waals surface area contributed by atoms with Crippen molar-refractivity contribution in [2.75, 3.05) is 26.7 Å². The molecule has 1 saturated heterocycles. The number of furan rings is 1. The monoisotopic (exact) mass is 346 g/mol. The Balaban J connectivity index is 1.43. The third-order valence-electron chi connectivity index (χ3n) is 4.64. The molecule has 0 spiro atoms. The number of likely N-dealkylation sites (tertiary alicyclic amines) is 1. The molecule has 1 amide bonds. The lowest BCUT2D eigenvalue weighted by Gasteiger charge is -2.23. The number of carbonyl (C=O) groups is 1. The van der Waals surface area contributed by atoms with Gasteiger partial charge in [-0.05, 0) is 39.4 Å². The number of amides is 1. The Morgan fingerprint density at radius 3 is 3.08 bits per heavy atom. The fourth-order valence-corrected chi connectivity index (χ4v) is 3.23. The van der Waals surface area contributed by atoms with Crippen molar-refractivity contribution >= 4 is 5.91 Å². The highest BCUT2D eigenvalue weighted by Crippen LogP contribution is 2.17. The Morgan fingerprint density at radius 1 is 1.56 bits per heavy atom. The van der Waals surface area contributed by atoms with Crippen LogP contribution >= 0.6 is 0 Å². The number of aromatic nitrogens is 1. The molecule has 2 aromatic rings. The van der Waals surface area contributed by atoms with Crippen LogP contribution in [0.3, 0.4) is 0 Å².